The number of phosphoric ester groups is 1. The Morgan fingerprint density at radius 1 is 1.05 bits per heavy atom. The Balaban J connectivity index is 4.33. The van der Waals surface area contributed by atoms with Crippen LogP contribution in [0.25, 0.3) is 0 Å². The number of carbonyl (C=O) groups is 1. The average molecular weight is 596 g/mol. The SMILES string of the molecule is O=C(C=C(CCC(Br)Br)CCC(Br)Br)OCCOP(=O)(O)O. The van der Waals surface area contributed by atoms with E-state index in [4.69, 9.17) is 14.5 Å². The van der Waals surface area contributed by atoms with E-state index < -0.39 is 13.8 Å². The highest BCUT2D eigenvalue weighted by Gasteiger charge is 2.13. The minimum atomic E-state index is -4.52. The van der Waals surface area contributed by atoms with Gasteiger partial charge in [0.2, 0.25) is 0 Å². The predicted octanol–water partition coefficient (Wildman–Crippen LogP) is 4.36. The molecule has 11 heteroatoms. The second-order valence-electron chi connectivity index (χ2n) is 4.15. The number of esters is 1. The van der Waals surface area contributed by atoms with Crippen molar-refractivity contribution in [1.82, 2.24) is 0 Å². The van der Waals surface area contributed by atoms with Crippen LogP contribution in [0.1, 0.15) is 25.7 Å². The molecule has 0 saturated heterocycles. The van der Waals surface area contributed by atoms with Gasteiger partial charge in [-0.1, -0.05) is 69.3 Å². The highest BCUT2D eigenvalue weighted by atomic mass is 79.9. The van der Waals surface area contributed by atoms with Crippen molar-refractivity contribution in [3.8, 4) is 0 Å². The maximum absolute atomic E-state index is 11.7. The summed E-state index contributed by atoms with van der Waals surface area (Å²) in [6, 6.07) is 0. The molecule has 22 heavy (non-hydrogen) atoms. The van der Waals surface area contributed by atoms with Gasteiger partial charge in [-0.3, -0.25) is 4.52 Å². The van der Waals surface area contributed by atoms with Gasteiger partial charge in [-0.15, -0.1) is 0 Å². The van der Waals surface area contributed by atoms with Gasteiger partial charge < -0.3 is 14.5 Å². The molecule has 0 rings (SSSR count). The number of hydrogen-bond acceptors (Lipinski definition) is 4. The molecule has 0 aromatic heterocycles. The van der Waals surface area contributed by atoms with E-state index >= 15 is 0 Å². The number of ether oxygens (including phenoxy) is 1. The Morgan fingerprint density at radius 3 is 1.95 bits per heavy atom. The number of alkyl halides is 4. The average Bonchev–Trinajstić information content (AvgIpc) is 2.36. The summed E-state index contributed by atoms with van der Waals surface area (Å²) in [7, 11) is -4.52. The molecule has 0 aliphatic rings. The molecule has 0 heterocycles. The first kappa shape index (κ1) is 23.2. The van der Waals surface area contributed by atoms with E-state index in [1.54, 1.807) is 0 Å². The van der Waals surface area contributed by atoms with Crippen molar-refractivity contribution < 1.29 is 28.4 Å². The molecule has 0 amide bonds. The fourth-order valence-electron chi connectivity index (χ4n) is 1.37. The van der Waals surface area contributed by atoms with E-state index in [-0.39, 0.29) is 20.7 Å². The standard InChI is InChI=1S/C11H17Br4O6P/c12-9(13)3-1-8(2-4-10(14)15)7-11(16)20-5-6-21-22(17,18)19/h7,9-10H,1-6H2,(H2,17,18,19). The lowest BCUT2D eigenvalue weighted by atomic mass is 10.1. The molecule has 130 valence electrons. The van der Waals surface area contributed by atoms with Gasteiger partial charge in [0.15, 0.2) is 0 Å². The summed E-state index contributed by atoms with van der Waals surface area (Å²) in [4.78, 5) is 28.7. The molecular formula is C11H17Br4O6P. The highest BCUT2D eigenvalue weighted by molar-refractivity contribution is 9.25. The van der Waals surface area contributed by atoms with Gasteiger partial charge in [0.1, 0.15) is 6.61 Å². The van der Waals surface area contributed by atoms with Crippen molar-refractivity contribution in [3.05, 3.63) is 11.6 Å². The Hall–Kier alpha value is 1.24. The third-order valence-corrected chi connectivity index (χ3v) is 4.63. The first-order valence-electron chi connectivity index (χ1n) is 6.22. The number of carbonyl (C=O) groups excluding carboxylic acids is 1. The third-order valence-electron chi connectivity index (χ3n) is 2.28. The summed E-state index contributed by atoms with van der Waals surface area (Å²) in [6.07, 6.45) is 4.50. The van der Waals surface area contributed by atoms with Crippen molar-refractivity contribution in [2.45, 2.75) is 33.2 Å². The molecular weight excluding hydrogens is 579 g/mol. The Kier molecular flexibility index (Phi) is 13.3. The smallest absolute Gasteiger partial charge is 0.460 e. The Morgan fingerprint density at radius 2 is 1.55 bits per heavy atom. The highest BCUT2D eigenvalue weighted by Crippen LogP contribution is 2.35. The van der Waals surface area contributed by atoms with Crippen molar-refractivity contribution >= 4 is 77.5 Å². The van der Waals surface area contributed by atoms with E-state index in [1.165, 1.54) is 6.08 Å². The maximum Gasteiger partial charge on any atom is 0.469 e. The molecule has 0 spiro atoms. The van der Waals surface area contributed by atoms with Crippen molar-refractivity contribution in [2.75, 3.05) is 13.2 Å². The number of hydrogen-bond donors (Lipinski definition) is 2. The van der Waals surface area contributed by atoms with Gasteiger partial charge in [-0.05, 0) is 25.7 Å². The lowest BCUT2D eigenvalue weighted by Gasteiger charge is -2.10. The minimum absolute atomic E-state index is 0.166. The second kappa shape index (κ2) is 12.6. The minimum Gasteiger partial charge on any atom is -0.460 e. The lowest BCUT2D eigenvalue weighted by Crippen LogP contribution is -2.09. The first-order chi connectivity index (χ1) is 10.1. The van der Waals surface area contributed by atoms with Gasteiger partial charge in [0.05, 0.1) is 14.1 Å². The van der Waals surface area contributed by atoms with E-state index in [2.05, 4.69) is 68.2 Å². The lowest BCUT2D eigenvalue weighted by molar-refractivity contribution is -0.138. The molecule has 0 radical (unpaired) electrons. The number of rotatable bonds is 11. The largest absolute Gasteiger partial charge is 0.469 e. The van der Waals surface area contributed by atoms with Crippen LogP contribution in [-0.2, 0) is 18.6 Å². The summed E-state index contributed by atoms with van der Waals surface area (Å²) >= 11 is 13.5. The van der Waals surface area contributed by atoms with Crippen LogP contribution in [0.5, 0.6) is 0 Å². The van der Waals surface area contributed by atoms with Gasteiger partial charge in [-0.25, -0.2) is 9.36 Å². The van der Waals surface area contributed by atoms with Crippen LogP contribution in [0, 0.1) is 0 Å². The quantitative estimate of drug-likeness (QED) is 0.121. The normalized spacial score (nSPS) is 11.8. The van der Waals surface area contributed by atoms with Gasteiger partial charge in [0, 0.05) is 6.08 Å². The molecule has 2 N–H and O–H groups in total. The molecule has 0 aromatic rings. The third kappa shape index (κ3) is 16.1. The number of allylic oxidation sites excluding steroid dienone is 1. The van der Waals surface area contributed by atoms with E-state index in [1.807, 2.05) is 0 Å². The van der Waals surface area contributed by atoms with Crippen molar-refractivity contribution in [3.63, 3.8) is 0 Å². The predicted molar refractivity (Wildman–Crippen MR) is 98.8 cm³/mol. The zero-order valence-electron chi connectivity index (χ0n) is 11.5. The van der Waals surface area contributed by atoms with E-state index in [0.29, 0.717) is 0 Å². The van der Waals surface area contributed by atoms with Crippen molar-refractivity contribution in [2.24, 2.45) is 0 Å². The Bertz CT molecular complexity index is 395. The van der Waals surface area contributed by atoms with Gasteiger partial charge in [-0.2, -0.15) is 0 Å². The molecule has 0 aliphatic carbocycles. The fraction of sp³-hybridized carbons (Fsp3) is 0.727. The molecule has 6 nitrogen and oxygen atoms in total. The maximum atomic E-state index is 11.7. The zero-order chi connectivity index (χ0) is 17.2. The molecule has 0 atom stereocenters. The zero-order valence-corrected chi connectivity index (χ0v) is 18.7. The first-order valence-corrected chi connectivity index (χ1v) is 11.4. The number of halogens is 4. The van der Waals surface area contributed by atoms with E-state index in [0.717, 1.165) is 31.3 Å². The van der Waals surface area contributed by atoms with Crippen LogP contribution < -0.4 is 0 Å². The van der Waals surface area contributed by atoms with Gasteiger partial charge in [0.25, 0.3) is 0 Å². The van der Waals surface area contributed by atoms with Crippen LogP contribution in [0.2, 0.25) is 0 Å². The van der Waals surface area contributed by atoms with Crippen molar-refractivity contribution in [1.29, 1.82) is 0 Å². The van der Waals surface area contributed by atoms with Crippen LogP contribution in [-0.4, -0.2) is 36.4 Å². The Labute approximate surface area is 163 Å². The summed E-state index contributed by atoms with van der Waals surface area (Å²) in [6.45, 7) is -0.568. The summed E-state index contributed by atoms with van der Waals surface area (Å²) in [5, 5.41) is 0. The van der Waals surface area contributed by atoms with Crippen LogP contribution >= 0.6 is 71.5 Å². The van der Waals surface area contributed by atoms with Crippen LogP contribution in [0.15, 0.2) is 11.6 Å². The van der Waals surface area contributed by atoms with Crippen LogP contribution in [0.4, 0.5) is 0 Å². The topological polar surface area (TPSA) is 93.1 Å². The fourth-order valence-corrected chi connectivity index (χ4v) is 2.59. The molecule has 0 unspecified atom stereocenters. The summed E-state index contributed by atoms with van der Waals surface area (Å²) < 4.78 is 19.8. The summed E-state index contributed by atoms with van der Waals surface area (Å²) in [5.41, 5.74) is 0.939. The van der Waals surface area contributed by atoms with Gasteiger partial charge >= 0.3 is 13.8 Å². The summed E-state index contributed by atoms with van der Waals surface area (Å²) in [5.74, 6) is -0.550. The molecule has 0 aliphatic heterocycles. The molecule has 0 saturated carbocycles. The second-order valence-corrected chi connectivity index (χ2v) is 12.3. The van der Waals surface area contributed by atoms with E-state index in [9.17, 15) is 9.36 Å². The molecule has 0 bridgehead atoms. The monoisotopic (exact) mass is 592 g/mol. The number of phosphoric acid groups is 1. The molecule has 0 fully saturated rings. The molecule has 0 aromatic carbocycles. The van der Waals surface area contributed by atoms with Crippen LogP contribution in [0.3, 0.4) is 0 Å².